The van der Waals surface area contributed by atoms with Crippen LogP contribution in [0.3, 0.4) is 0 Å². The molecule has 1 aromatic heterocycles. The van der Waals surface area contributed by atoms with Crippen LogP contribution in [0.4, 0.5) is 23.0 Å². The molecule has 1 atom stereocenters. The van der Waals surface area contributed by atoms with Crippen LogP contribution >= 0.6 is 0 Å². The van der Waals surface area contributed by atoms with Crippen molar-refractivity contribution in [2.75, 3.05) is 23.0 Å². The van der Waals surface area contributed by atoms with E-state index in [1.165, 1.54) is 6.33 Å². The summed E-state index contributed by atoms with van der Waals surface area (Å²) in [5, 5.41) is 6.50. The predicted octanol–water partition coefficient (Wildman–Crippen LogP) is 4.79. The zero-order valence-corrected chi connectivity index (χ0v) is 17.4. The Morgan fingerprint density at radius 1 is 1.00 bits per heavy atom. The summed E-state index contributed by atoms with van der Waals surface area (Å²) < 4.78 is 5.25. The van der Waals surface area contributed by atoms with Gasteiger partial charge in [0.2, 0.25) is 0 Å². The highest BCUT2D eigenvalue weighted by Gasteiger charge is 2.13. The topological polar surface area (TPSA) is 102 Å². The summed E-state index contributed by atoms with van der Waals surface area (Å²) in [5.74, 6) is 1.00. The van der Waals surface area contributed by atoms with Crippen LogP contribution in [-0.2, 0) is 4.74 Å². The van der Waals surface area contributed by atoms with E-state index >= 15 is 0 Å². The van der Waals surface area contributed by atoms with Gasteiger partial charge < -0.3 is 21.1 Å². The number of aromatic nitrogens is 2. The number of nitrogens with two attached hydrogens (primary N) is 1. The van der Waals surface area contributed by atoms with Gasteiger partial charge in [0, 0.05) is 5.69 Å². The second kappa shape index (κ2) is 9.73. The molecule has 0 saturated carbocycles. The van der Waals surface area contributed by atoms with Crippen molar-refractivity contribution >= 4 is 29.0 Å². The van der Waals surface area contributed by atoms with Gasteiger partial charge in [0.1, 0.15) is 12.0 Å². The van der Waals surface area contributed by atoms with E-state index in [2.05, 4.69) is 20.6 Å². The molecule has 7 heteroatoms. The number of anilines is 4. The SMILES string of the molecule is CC(C)COC(=O)c1ccc(Nc2ncnc(NC(C)c3ccccc3)c2N)cc1. The number of hydrogen-bond donors (Lipinski definition) is 3. The summed E-state index contributed by atoms with van der Waals surface area (Å²) in [6.07, 6.45) is 1.45. The maximum atomic E-state index is 12.0. The third kappa shape index (κ3) is 5.47. The van der Waals surface area contributed by atoms with Gasteiger partial charge in [0.05, 0.1) is 18.2 Å². The third-order valence-corrected chi connectivity index (χ3v) is 4.47. The quantitative estimate of drug-likeness (QED) is 0.463. The highest BCUT2D eigenvalue weighted by Crippen LogP contribution is 2.28. The molecule has 2 aromatic carbocycles. The zero-order chi connectivity index (χ0) is 21.5. The highest BCUT2D eigenvalue weighted by atomic mass is 16.5. The largest absolute Gasteiger partial charge is 0.462 e. The summed E-state index contributed by atoms with van der Waals surface area (Å²) in [5.41, 5.74) is 9.08. The van der Waals surface area contributed by atoms with Gasteiger partial charge in [0.15, 0.2) is 11.6 Å². The van der Waals surface area contributed by atoms with E-state index in [0.29, 0.717) is 35.4 Å². The molecule has 3 aromatic rings. The lowest BCUT2D eigenvalue weighted by atomic mass is 10.1. The summed E-state index contributed by atoms with van der Waals surface area (Å²) >= 11 is 0. The monoisotopic (exact) mass is 405 g/mol. The van der Waals surface area contributed by atoms with Crippen LogP contribution in [0, 0.1) is 5.92 Å². The van der Waals surface area contributed by atoms with E-state index < -0.39 is 0 Å². The van der Waals surface area contributed by atoms with Crippen LogP contribution in [-0.4, -0.2) is 22.5 Å². The number of carbonyl (C=O) groups is 1. The van der Waals surface area contributed by atoms with Gasteiger partial charge >= 0.3 is 5.97 Å². The van der Waals surface area contributed by atoms with Crippen molar-refractivity contribution in [2.24, 2.45) is 5.92 Å². The standard InChI is InChI=1S/C23H27N5O2/c1-15(2)13-30-23(29)18-9-11-19(12-10-18)28-22-20(24)21(25-14-26-22)27-16(3)17-7-5-4-6-8-17/h4-12,14-16H,13,24H2,1-3H3,(H2,25,26,27,28). The Labute approximate surface area is 176 Å². The van der Waals surface area contributed by atoms with Crippen LogP contribution in [0.1, 0.15) is 42.7 Å². The Bertz CT molecular complexity index is 975. The lowest BCUT2D eigenvalue weighted by Crippen LogP contribution is -2.12. The average molecular weight is 406 g/mol. The van der Waals surface area contributed by atoms with Crippen molar-refractivity contribution in [3.8, 4) is 0 Å². The molecule has 3 rings (SSSR count). The van der Waals surface area contributed by atoms with Gasteiger partial charge in [-0.25, -0.2) is 14.8 Å². The van der Waals surface area contributed by atoms with Gasteiger partial charge in [-0.1, -0.05) is 44.2 Å². The van der Waals surface area contributed by atoms with E-state index in [0.717, 1.165) is 11.3 Å². The number of benzene rings is 2. The molecule has 7 nitrogen and oxygen atoms in total. The molecule has 156 valence electrons. The number of nitrogen functional groups attached to an aromatic ring is 1. The summed E-state index contributed by atoms with van der Waals surface area (Å²) in [6.45, 7) is 6.43. The highest BCUT2D eigenvalue weighted by molar-refractivity contribution is 5.90. The molecule has 1 heterocycles. The zero-order valence-electron chi connectivity index (χ0n) is 17.4. The number of rotatable bonds is 8. The van der Waals surface area contributed by atoms with Gasteiger partial charge in [-0.2, -0.15) is 0 Å². The fourth-order valence-corrected chi connectivity index (χ4v) is 2.79. The van der Waals surface area contributed by atoms with Gasteiger partial charge in [-0.3, -0.25) is 0 Å². The number of esters is 1. The minimum absolute atomic E-state index is 0.0346. The molecular formula is C23H27N5O2. The van der Waals surface area contributed by atoms with Crippen LogP contribution in [0.5, 0.6) is 0 Å². The Morgan fingerprint density at radius 3 is 2.33 bits per heavy atom. The maximum Gasteiger partial charge on any atom is 0.338 e. The molecule has 1 unspecified atom stereocenters. The lowest BCUT2D eigenvalue weighted by molar-refractivity contribution is 0.0459. The molecule has 0 saturated heterocycles. The average Bonchev–Trinajstić information content (AvgIpc) is 2.76. The van der Waals surface area contributed by atoms with E-state index in [4.69, 9.17) is 10.5 Å². The van der Waals surface area contributed by atoms with Gasteiger partial charge in [-0.15, -0.1) is 0 Å². The first-order valence-electron chi connectivity index (χ1n) is 9.90. The number of hydrogen-bond acceptors (Lipinski definition) is 7. The lowest BCUT2D eigenvalue weighted by Gasteiger charge is -2.17. The molecule has 0 radical (unpaired) electrons. The van der Waals surface area contributed by atoms with E-state index in [9.17, 15) is 4.79 Å². The Balaban J connectivity index is 1.68. The number of carbonyl (C=O) groups excluding carboxylic acids is 1. The van der Waals surface area contributed by atoms with E-state index in [1.807, 2.05) is 51.1 Å². The van der Waals surface area contributed by atoms with Crippen molar-refractivity contribution < 1.29 is 9.53 Å². The minimum atomic E-state index is -0.335. The first kappa shape index (κ1) is 21.1. The van der Waals surface area contributed by atoms with Crippen LogP contribution < -0.4 is 16.4 Å². The van der Waals surface area contributed by atoms with E-state index in [1.54, 1.807) is 24.3 Å². The van der Waals surface area contributed by atoms with Crippen LogP contribution in [0.15, 0.2) is 60.9 Å². The van der Waals surface area contributed by atoms with Crippen molar-refractivity contribution in [3.05, 3.63) is 72.1 Å². The number of nitrogens with one attached hydrogen (secondary N) is 2. The summed E-state index contributed by atoms with van der Waals surface area (Å²) in [6, 6.07) is 17.1. The molecule has 0 aliphatic carbocycles. The molecule has 0 fully saturated rings. The minimum Gasteiger partial charge on any atom is -0.462 e. The summed E-state index contributed by atoms with van der Waals surface area (Å²) in [7, 11) is 0. The normalized spacial score (nSPS) is 11.7. The van der Waals surface area contributed by atoms with Crippen molar-refractivity contribution in [2.45, 2.75) is 26.8 Å². The van der Waals surface area contributed by atoms with E-state index in [-0.39, 0.29) is 12.0 Å². The molecular weight excluding hydrogens is 378 g/mol. The third-order valence-electron chi connectivity index (χ3n) is 4.47. The summed E-state index contributed by atoms with van der Waals surface area (Å²) in [4.78, 5) is 20.6. The van der Waals surface area contributed by atoms with Crippen molar-refractivity contribution in [1.82, 2.24) is 9.97 Å². The van der Waals surface area contributed by atoms with Crippen molar-refractivity contribution in [1.29, 1.82) is 0 Å². The molecule has 0 aliphatic rings. The maximum absolute atomic E-state index is 12.0. The first-order chi connectivity index (χ1) is 14.4. The second-order valence-electron chi connectivity index (χ2n) is 7.46. The van der Waals surface area contributed by atoms with Gasteiger partial charge in [0.25, 0.3) is 0 Å². The Hall–Kier alpha value is -3.61. The fraction of sp³-hybridized carbons (Fsp3) is 0.261. The molecule has 0 bridgehead atoms. The predicted molar refractivity (Wildman–Crippen MR) is 120 cm³/mol. The van der Waals surface area contributed by atoms with Crippen LogP contribution in [0.2, 0.25) is 0 Å². The Kier molecular flexibility index (Phi) is 6.85. The Morgan fingerprint density at radius 2 is 1.67 bits per heavy atom. The second-order valence-corrected chi connectivity index (χ2v) is 7.46. The number of nitrogens with zero attached hydrogens (tertiary/aromatic N) is 2. The molecule has 0 aliphatic heterocycles. The smallest absolute Gasteiger partial charge is 0.338 e. The van der Waals surface area contributed by atoms with Crippen LogP contribution in [0.25, 0.3) is 0 Å². The van der Waals surface area contributed by atoms with Gasteiger partial charge in [-0.05, 0) is 42.7 Å². The molecule has 30 heavy (non-hydrogen) atoms. The molecule has 4 N–H and O–H groups in total. The fourth-order valence-electron chi connectivity index (χ4n) is 2.79. The molecule has 0 spiro atoms. The first-order valence-corrected chi connectivity index (χ1v) is 9.90. The molecule has 0 amide bonds. The van der Waals surface area contributed by atoms with Crippen molar-refractivity contribution in [3.63, 3.8) is 0 Å². The number of ether oxygens (including phenoxy) is 1.